The topological polar surface area (TPSA) is 26.0 Å². The standard InChI is InChI=1S/C15H16ClN/c1-15(17,13-7-3-2-4-8-13)11-12-6-5-9-14(16)10-12/h2-10H,11,17H2,1H3. The van der Waals surface area contributed by atoms with E-state index in [0.29, 0.717) is 0 Å². The molecule has 0 radical (unpaired) electrons. The highest BCUT2D eigenvalue weighted by Gasteiger charge is 2.21. The van der Waals surface area contributed by atoms with Gasteiger partial charge in [-0.25, -0.2) is 0 Å². The van der Waals surface area contributed by atoms with Crippen LogP contribution in [0.3, 0.4) is 0 Å². The first-order valence-electron chi connectivity index (χ1n) is 5.67. The lowest BCUT2D eigenvalue weighted by atomic mass is 9.87. The van der Waals surface area contributed by atoms with E-state index in [4.69, 9.17) is 17.3 Å². The fourth-order valence-electron chi connectivity index (χ4n) is 1.99. The first-order chi connectivity index (χ1) is 8.08. The van der Waals surface area contributed by atoms with Crippen LogP contribution in [-0.4, -0.2) is 0 Å². The molecule has 17 heavy (non-hydrogen) atoms. The lowest BCUT2D eigenvalue weighted by Crippen LogP contribution is -2.35. The molecule has 2 aromatic rings. The SMILES string of the molecule is CC(N)(Cc1cccc(Cl)c1)c1ccccc1. The molecule has 0 aromatic heterocycles. The molecule has 0 heterocycles. The van der Waals surface area contributed by atoms with E-state index in [1.165, 1.54) is 0 Å². The summed E-state index contributed by atoms with van der Waals surface area (Å²) in [5, 5.41) is 0.756. The Morgan fingerprint density at radius 3 is 2.41 bits per heavy atom. The van der Waals surface area contributed by atoms with Gasteiger partial charge in [-0.2, -0.15) is 0 Å². The largest absolute Gasteiger partial charge is 0.321 e. The zero-order valence-corrected chi connectivity index (χ0v) is 10.6. The van der Waals surface area contributed by atoms with Crippen molar-refractivity contribution in [1.29, 1.82) is 0 Å². The maximum absolute atomic E-state index is 6.38. The molecule has 1 unspecified atom stereocenters. The van der Waals surface area contributed by atoms with Gasteiger partial charge in [0.05, 0.1) is 0 Å². The normalized spacial score (nSPS) is 14.3. The third-order valence-electron chi connectivity index (χ3n) is 2.89. The molecule has 2 rings (SSSR count). The Morgan fingerprint density at radius 2 is 1.76 bits per heavy atom. The second kappa shape index (κ2) is 4.91. The first-order valence-corrected chi connectivity index (χ1v) is 6.04. The summed E-state index contributed by atoms with van der Waals surface area (Å²) in [5.74, 6) is 0. The second-order valence-electron chi connectivity index (χ2n) is 4.59. The monoisotopic (exact) mass is 245 g/mol. The molecule has 0 amide bonds. The molecule has 0 aliphatic carbocycles. The molecule has 0 aliphatic rings. The number of halogens is 1. The Bertz CT molecular complexity index is 491. The zero-order chi connectivity index (χ0) is 12.3. The highest BCUT2D eigenvalue weighted by atomic mass is 35.5. The van der Waals surface area contributed by atoms with Crippen LogP contribution in [-0.2, 0) is 12.0 Å². The lowest BCUT2D eigenvalue weighted by molar-refractivity contribution is 0.491. The van der Waals surface area contributed by atoms with Gasteiger partial charge in [-0.15, -0.1) is 0 Å². The molecule has 2 heteroatoms. The minimum atomic E-state index is -0.369. The van der Waals surface area contributed by atoms with Crippen molar-refractivity contribution in [3.63, 3.8) is 0 Å². The van der Waals surface area contributed by atoms with Crippen LogP contribution in [0, 0.1) is 0 Å². The molecule has 0 saturated carbocycles. The van der Waals surface area contributed by atoms with Gasteiger partial charge in [0.2, 0.25) is 0 Å². The van der Waals surface area contributed by atoms with E-state index in [1.54, 1.807) is 0 Å². The van der Waals surface area contributed by atoms with Gasteiger partial charge >= 0.3 is 0 Å². The third-order valence-corrected chi connectivity index (χ3v) is 3.13. The smallest absolute Gasteiger partial charge is 0.0421 e. The van der Waals surface area contributed by atoms with Crippen LogP contribution in [0.4, 0.5) is 0 Å². The minimum Gasteiger partial charge on any atom is -0.321 e. The van der Waals surface area contributed by atoms with Crippen LogP contribution >= 0.6 is 11.6 Å². The van der Waals surface area contributed by atoms with E-state index < -0.39 is 0 Å². The molecule has 0 saturated heterocycles. The third kappa shape index (κ3) is 3.09. The fraction of sp³-hybridized carbons (Fsp3) is 0.200. The van der Waals surface area contributed by atoms with Crippen molar-refractivity contribution in [2.24, 2.45) is 5.73 Å². The van der Waals surface area contributed by atoms with Crippen molar-refractivity contribution < 1.29 is 0 Å². The molecule has 2 aromatic carbocycles. The average Bonchev–Trinajstić information content (AvgIpc) is 2.29. The Balaban J connectivity index is 2.23. The predicted molar refractivity (Wildman–Crippen MR) is 73.1 cm³/mol. The van der Waals surface area contributed by atoms with Crippen LogP contribution in [0.15, 0.2) is 54.6 Å². The summed E-state index contributed by atoms with van der Waals surface area (Å²) >= 11 is 5.98. The first kappa shape index (κ1) is 12.2. The number of benzene rings is 2. The summed E-state index contributed by atoms with van der Waals surface area (Å²) in [6.07, 6.45) is 0.775. The number of rotatable bonds is 3. The molecule has 1 nitrogen and oxygen atoms in total. The van der Waals surface area contributed by atoms with Gasteiger partial charge in [0.15, 0.2) is 0 Å². The van der Waals surface area contributed by atoms with E-state index in [1.807, 2.05) is 43.3 Å². The van der Waals surface area contributed by atoms with Crippen molar-refractivity contribution in [2.45, 2.75) is 18.9 Å². The molecule has 0 aliphatic heterocycles. The number of hydrogen-bond donors (Lipinski definition) is 1. The molecule has 0 spiro atoms. The van der Waals surface area contributed by atoms with E-state index in [0.717, 1.165) is 22.6 Å². The molecule has 88 valence electrons. The quantitative estimate of drug-likeness (QED) is 0.876. The van der Waals surface area contributed by atoms with Crippen molar-refractivity contribution in [2.75, 3.05) is 0 Å². The maximum Gasteiger partial charge on any atom is 0.0421 e. The van der Waals surface area contributed by atoms with Gasteiger partial charge in [-0.05, 0) is 36.6 Å². The number of hydrogen-bond acceptors (Lipinski definition) is 1. The fourth-order valence-corrected chi connectivity index (χ4v) is 2.20. The summed E-state index contributed by atoms with van der Waals surface area (Å²) in [4.78, 5) is 0. The van der Waals surface area contributed by atoms with Gasteiger partial charge in [-0.3, -0.25) is 0 Å². The van der Waals surface area contributed by atoms with Crippen molar-refractivity contribution in [3.8, 4) is 0 Å². The number of nitrogens with two attached hydrogens (primary N) is 1. The summed E-state index contributed by atoms with van der Waals surface area (Å²) in [6, 6.07) is 18.0. The van der Waals surface area contributed by atoms with Gasteiger partial charge < -0.3 is 5.73 Å². The minimum absolute atomic E-state index is 0.369. The van der Waals surface area contributed by atoms with Gasteiger partial charge in [-0.1, -0.05) is 54.1 Å². The van der Waals surface area contributed by atoms with E-state index in [2.05, 4.69) is 18.2 Å². The van der Waals surface area contributed by atoms with Crippen LogP contribution in [0.2, 0.25) is 5.02 Å². The lowest BCUT2D eigenvalue weighted by Gasteiger charge is -2.25. The maximum atomic E-state index is 6.38. The Hall–Kier alpha value is -1.31. The van der Waals surface area contributed by atoms with Crippen LogP contribution in [0.5, 0.6) is 0 Å². The Labute approximate surface area is 107 Å². The van der Waals surface area contributed by atoms with Crippen LogP contribution in [0.1, 0.15) is 18.1 Å². The second-order valence-corrected chi connectivity index (χ2v) is 5.03. The molecule has 0 fully saturated rings. The molecular weight excluding hydrogens is 230 g/mol. The van der Waals surface area contributed by atoms with Gasteiger partial charge in [0, 0.05) is 10.6 Å². The van der Waals surface area contributed by atoms with Crippen LogP contribution in [0.25, 0.3) is 0 Å². The molecule has 2 N–H and O–H groups in total. The van der Waals surface area contributed by atoms with Gasteiger partial charge in [0.1, 0.15) is 0 Å². The predicted octanol–water partition coefficient (Wildman–Crippen LogP) is 3.76. The average molecular weight is 246 g/mol. The Kier molecular flexibility index (Phi) is 3.51. The van der Waals surface area contributed by atoms with E-state index in [-0.39, 0.29) is 5.54 Å². The summed E-state index contributed by atoms with van der Waals surface area (Å²) < 4.78 is 0. The summed E-state index contributed by atoms with van der Waals surface area (Å²) in [5.41, 5.74) is 8.31. The van der Waals surface area contributed by atoms with Crippen LogP contribution < -0.4 is 5.73 Å². The van der Waals surface area contributed by atoms with Gasteiger partial charge in [0.25, 0.3) is 0 Å². The molecule has 0 bridgehead atoms. The molecular formula is C15H16ClN. The van der Waals surface area contributed by atoms with Crippen molar-refractivity contribution >= 4 is 11.6 Å². The molecule has 1 atom stereocenters. The van der Waals surface area contributed by atoms with E-state index in [9.17, 15) is 0 Å². The van der Waals surface area contributed by atoms with E-state index >= 15 is 0 Å². The van der Waals surface area contributed by atoms with Crippen molar-refractivity contribution in [1.82, 2.24) is 0 Å². The van der Waals surface area contributed by atoms with Crippen molar-refractivity contribution in [3.05, 3.63) is 70.7 Å². The Morgan fingerprint density at radius 1 is 1.06 bits per heavy atom. The highest BCUT2D eigenvalue weighted by Crippen LogP contribution is 2.23. The zero-order valence-electron chi connectivity index (χ0n) is 9.86. The summed E-state index contributed by atoms with van der Waals surface area (Å²) in [6.45, 7) is 2.04. The summed E-state index contributed by atoms with van der Waals surface area (Å²) in [7, 11) is 0. The highest BCUT2D eigenvalue weighted by molar-refractivity contribution is 6.30.